The summed E-state index contributed by atoms with van der Waals surface area (Å²) < 4.78 is 14.1. The lowest BCUT2D eigenvalue weighted by atomic mass is 9.83. The van der Waals surface area contributed by atoms with Crippen LogP contribution in [0.15, 0.2) is 30.6 Å². The number of nitrogens with zero attached hydrogens (tertiary/aromatic N) is 6. The minimum atomic E-state index is -2.12. The molecule has 0 aliphatic carbocycles. The highest BCUT2D eigenvalue weighted by molar-refractivity contribution is 6.74. The highest BCUT2D eigenvalue weighted by Gasteiger charge is 2.47. The van der Waals surface area contributed by atoms with Crippen molar-refractivity contribution in [3.63, 3.8) is 0 Å². The van der Waals surface area contributed by atoms with Crippen molar-refractivity contribution in [1.82, 2.24) is 19.7 Å². The van der Waals surface area contributed by atoms with Crippen molar-refractivity contribution >= 4 is 43.5 Å². The first-order chi connectivity index (χ1) is 19.3. The Morgan fingerprint density at radius 3 is 2.50 bits per heavy atom. The molecule has 224 valence electrons. The predicted octanol–water partition coefficient (Wildman–Crippen LogP) is 7.18. The van der Waals surface area contributed by atoms with E-state index in [2.05, 4.69) is 67.2 Å². The van der Waals surface area contributed by atoms with Gasteiger partial charge in [-0.2, -0.15) is 10.4 Å². The first kappa shape index (κ1) is 31.5. The highest BCUT2D eigenvalue weighted by Crippen LogP contribution is 2.47. The highest BCUT2D eigenvalue weighted by atomic mass is 35.5. The van der Waals surface area contributed by atoms with Crippen molar-refractivity contribution in [3.8, 4) is 17.3 Å². The van der Waals surface area contributed by atoms with Crippen molar-refractivity contribution in [2.75, 3.05) is 23.4 Å². The summed E-state index contributed by atoms with van der Waals surface area (Å²) in [6.45, 7) is 19.3. The van der Waals surface area contributed by atoms with Crippen LogP contribution in [0.3, 0.4) is 0 Å². The number of halogens is 1. The number of hydrogen-bond acceptors (Lipinski definition) is 8. The van der Waals surface area contributed by atoms with Gasteiger partial charge in [0, 0.05) is 43.6 Å². The maximum absolute atomic E-state index is 13.5. The number of hydrogen-bond donors (Lipinski definition) is 1. The predicted molar refractivity (Wildman–Crippen MR) is 168 cm³/mol. The van der Waals surface area contributed by atoms with Crippen LogP contribution in [-0.2, 0) is 21.6 Å². The van der Waals surface area contributed by atoms with Crippen LogP contribution >= 0.6 is 11.6 Å². The van der Waals surface area contributed by atoms with Crippen LogP contribution < -0.4 is 10.2 Å². The third-order valence-electron chi connectivity index (χ3n) is 7.79. The van der Waals surface area contributed by atoms with Crippen LogP contribution in [0.4, 0.5) is 22.2 Å². The number of amides is 1. The van der Waals surface area contributed by atoms with Gasteiger partial charge in [0.2, 0.25) is 5.95 Å². The van der Waals surface area contributed by atoms with E-state index in [1.807, 2.05) is 26.8 Å². The number of fused-ring (bicyclic) bond motifs is 1. The van der Waals surface area contributed by atoms with E-state index >= 15 is 0 Å². The molecule has 0 saturated heterocycles. The number of aryl methyl sites for hydroxylation is 1. The monoisotopic (exact) mass is 609 g/mol. The number of carbonyl (C=O) groups is 1. The molecule has 1 aliphatic heterocycles. The molecule has 0 bridgehead atoms. The number of ether oxygens (including phenoxy) is 1. The number of anilines is 3. The lowest BCUT2D eigenvalue weighted by molar-refractivity contribution is 0.0575. The molecule has 4 rings (SSSR count). The smallest absolute Gasteiger partial charge is 0.414 e. The zero-order valence-electron chi connectivity index (χ0n) is 26.1. The molecule has 1 amide bonds. The van der Waals surface area contributed by atoms with E-state index in [0.29, 0.717) is 52.4 Å². The number of nitrogens with one attached hydrogen (secondary N) is 1. The van der Waals surface area contributed by atoms with Gasteiger partial charge in [0.05, 0.1) is 16.9 Å². The van der Waals surface area contributed by atoms with Crippen molar-refractivity contribution < 1.29 is 14.0 Å². The molecule has 42 heavy (non-hydrogen) atoms. The molecule has 10 nitrogen and oxygen atoms in total. The van der Waals surface area contributed by atoms with Crippen LogP contribution in [-0.4, -0.2) is 52.9 Å². The molecule has 1 aromatic carbocycles. The fraction of sp³-hybridized carbons (Fsp3) is 0.500. The molecule has 3 heterocycles. The van der Waals surface area contributed by atoms with Crippen LogP contribution in [0.1, 0.15) is 59.6 Å². The molecule has 2 aromatic heterocycles. The molecule has 1 unspecified atom stereocenters. The molecular weight excluding hydrogens is 570 g/mol. The van der Waals surface area contributed by atoms with Gasteiger partial charge < -0.3 is 14.5 Å². The largest absolute Gasteiger partial charge is 0.443 e. The molecular formula is C30H40ClN7O3Si. The molecule has 1 N–H and O–H groups in total. The van der Waals surface area contributed by atoms with Crippen molar-refractivity contribution in [1.29, 1.82) is 5.26 Å². The molecule has 12 heteroatoms. The van der Waals surface area contributed by atoms with E-state index in [1.165, 1.54) is 0 Å². The SMILES string of the molecule is Cn1cc(Cl)c(Nc2nccc(-c3cc(C#N)c4c(c3)C(C)(CO[Si](C)(C)C(C)(C)C)CN4C(=O)OC(C)(C)C)n2)n1. The average molecular weight is 610 g/mol. The maximum Gasteiger partial charge on any atom is 0.414 e. The molecule has 0 fully saturated rings. The van der Waals surface area contributed by atoms with Crippen LogP contribution in [0.2, 0.25) is 23.2 Å². The Morgan fingerprint density at radius 1 is 1.24 bits per heavy atom. The molecule has 0 spiro atoms. The zero-order chi connectivity index (χ0) is 31.3. The van der Waals surface area contributed by atoms with Gasteiger partial charge in [0.1, 0.15) is 16.7 Å². The second-order valence-corrected chi connectivity index (χ2v) is 18.8. The summed E-state index contributed by atoms with van der Waals surface area (Å²) in [5.41, 5.74) is 1.76. The van der Waals surface area contributed by atoms with Crippen LogP contribution in [0.5, 0.6) is 0 Å². The van der Waals surface area contributed by atoms with Gasteiger partial charge in [-0.15, -0.1) is 0 Å². The van der Waals surface area contributed by atoms with Crippen LogP contribution in [0, 0.1) is 11.3 Å². The van der Waals surface area contributed by atoms with Gasteiger partial charge in [-0.05, 0) is 62.7 Å². The molecule has 0 radical (unpaired) electrons. The fourth-order valence-electron chi connectivity index (χ4n) is 4.51. The third-order valence-corrected chi connectivity index (χ3v) is 12.5. The first-order valence-electron chi connectivity index (χ1n) is 13.9. The van der Waals surface area contributed by atoms with Gasteiger partial charge >= 0.3 is 6.09 Å². The maximum atomic E-state index is 13.5. The quantitative estimate of drug-likeness (QED) is 0.292. The summed E-state index contributed by atoms with van der Waals surface area (Å²) in [6, 6.07) is 7.83. The van der Waals surface area contributed by atoms with E-state index in [4.69, 9.17) is 20.8 Å². The Bertz CT molecular complexity index is 1550. The van der Waals surface area contributed by atoms with Crippen molar-refractivity contribution in [2.24, 2.45) is 7.05 Å². The fourth-order valence-corrected chi connectivity index (χ4v) is 5.85. The Morgan fingerprint density at radius 2 is 1.93 bits per heavy atom. The number of benzene rings is 1. The van der Waals surface area contributed by atoms with E-state index < -0.39 is 25.4 Å². The number of nitriles is 1. The van der Waals surface area contributed by atoms with Gasteiger partial charge in [-0.3, -0.25) is 9.58 Å². The number of carbonyl (C=O) groups excluding carboxylic acids is 1. The molecule has 1 aliphatic rings. The van der Waals surface area contributed by atoms with Crippen molar-refractivity contribution in [2.45, 2.75) is 77.6 Å². The Labute approximate surface area is 254 Å². The summed E-state index contributed by atoms with van der Waals surface area (Å²) in [7, 11) is -0.350. The first-order valence-corrected chi connectivity index (χ1v) is 17.1. The lowest BCUT2D eigenvalue weighted by Crippen LogP contribution is -2.46. The summed E-state index contributed by atoms with van der Waals surface area (Å²) in [5, 5.41) is 18.1. The molecule has 1 atom stereocenters. The average Bonchev–Trinajstić information content (AvgIpc) is 3.36. The van der Waals surface area contributed by atoms with E-state index in [1.54, 1.807) is 41.2 Å². The Balaban J connectivity index is 1.80. The van der Waals surface area contributed by atoms with Crippen molar-refractivity contribution in [3.05, 3.63) is 46.7 Å². The minimum absolute atomic E-state index is 0.0101. The minimum Gasteiger partial charge on any atom is -0.443 e. The Hall–Kier alpha value is -3.46. The summed E-state index contributed by atoms with van der Waals surface area (Å²) in [6.07, 6.45) is 2.81. The van der Waals surface area contributed by atoms with E-state index in [9.17, 15) is 10.1 Å². The lowest BCUT2D eigenvalue weighted by Gasteiger charge is -2.39. The zero-order valence-corrected chi connectivity index (χ0v) is 27.8. The molecule has 3 aromatic rings. The molecule has 0 saturated carbocycles. The number of aromatic nitrogens is 4. The van der Waals surface area contributed by atoms with E-state index in [0.717, 1.165) is 5.56 Å². The van der Waals surface area contributed by atoms with Gasteiger partial charge in [0.15, 0.2) is 14.1 Å². The van der Waals surface area contributed by atoms with Crippen LogP contribution in [0.25, 0.3) is 11.3 Å². The standard InChI is InChI=1S/C30H40ClN7O3Si/c1-28(2,3)41-27(39)38-17-30(7,18-40-42(9,10)29(4,5)6)21-14-19(13-20(15-32)24(21)38)23-11-12-33-26(34-23)35-25-22(31)16-37(8)36-25/h11-14,16H,17-18H2,1-10H3,(H,33,34,35,36). The normalized spacial score (nSPS) is 17.1. The second kappa shape index (κ2) is 11.0. The van der Waals surface area contributed by atoms with Gasteiger partial charge in [-0.1, -0.05) is 39.3 Å². The summed E-state index contributed by atoms with van der Waals surface area (Å²) >= 11 is 6.27. The van der Waals surface area contributed by atoms with Gasteiger partial charge in [0.25, 0.3) is 0 Å². The summed E-state index contributed by atoms with van der Waals surface area (Å²) in [5.74, 6) is 0.748. The Kier molecular flexibility index (Phi) is 8.23. The van der Waals surface area contributed by atoms with E-state index in [-0.39, 0.29) is 5.04 Å². The third kappa shape index (κ3) is 6.46. The second-order valence-electron chi connectivity index (χ2n) is 13.6. The topological polar surface area (TPSA) is 118 Å². The number of rotatable bonds is 6. The van der Waals surface area contributed by atoms with Gasteiger partial charge in [-0.25, -0.2) is 14.8 Å². The summed E-state index contributed by atoms with van der Waals surface area (Å²) in [4.78, 5) is 24.0.